The summed E-state index contributed by atoms with van der Waals surface area (Å²) in [4.78, 5) is 13.5. The molecule has 1 unspecified atom stereocenters. The number of rotatable bonds is 9. The van der Waals surface area contributed by atoms with Gasteiger partial charge in [-0.3, -0.25) is 4.79 Å². The second-order valence-electron chi connectivity index (χ2n) is 9.02. The van der Waals surface area contributed by atoms with Crippen molar-refractivity contribution in [1.82, 2.24) is 5.32 Å². The fourth-order valence-corrected chi connectivity index (χ4v) is 4.28. The van der Waals surface area contributed by atoms with Crippen molar-refractivity contribution in [2.75, 3.05) is 7.11 Å². The molecule has 0 aromatic heterocycles. The lowest BCUT2D eigenvalue weighted by atomic mass is 9.77. The van der Waals surface area contributed by atoms with E-state index >= 15 is 0 Å². The highest BCUT2D eigenvalue weighted by molar-refractivity contribution is 5.95. The number of amides is 1. The smallest absolute Gasteiger partial charge is 0.494 e. The van der Waals surface area contributed by atoms with Gasteiger partial charge in [0.05, 0.1) is 12.6 Å². The van der Waals surface area contributed by atoms with E-state index in [1.807, 2.05) is 0 Å². The van der Waals surface area contributed by atoms with Gasteiger partial charge in [0.2, 0.25) is 0 Å². The van der Waals surface area contributed by atoms with E-state index in [1.54, 1.807) is 30.3 Å². The minimum atomic E-state index is -5.99. The van der Waals surface area contributed by atoms with Crippen LogP contribution in [0.5, 0.6) is 11.5 Å². The minimum absolute atomic E-state index is 0.0222. The van der Waals surface area contributed by atoms with Gasteiger partial charge in [0.15, 0.2) is 11.6 Å². The molecule has 214 valence electrons. The number of hydrogen-bond acceptors (Lipinski definition) is 3. The third-order valence-corrected chi connectivity index (χ3v) is 6.29. The molecule has 4 aromatic carbocycles. The molecular formula is C30H22F7NO3. The molecule has 4 aromatic rings. The lowest BCUT2D eigenvalue weighted by Gasteiger charge is -2.37. The van der Waals surface area contributed by atoms with Crippen LogP contribution in [0.3, 0.4) is 0 Å². The van der Waals surface area contributed by atoms with Crippen LogP contribution in [0.2, 0.25) is 0 Å². The van der Waals surface area contributed by atoms with Gasteiger partial charge in [0.1, 0.15) is 11.6 Å². The fraction of sp³-hybridized carbons (Fsp3) is 0.167. The summed E-state index contributed by atoms with van der Waals surface area (Å²) in [6.45, 7) is 0. The first-order chi connectivity index (χ1) is 19.3. The Morgan fingerprint density at radius 1 is 0.780 bits per heavy atom. The van der Waals surface area contributed by atoms with Crippen LogP contribution >= 0.6 is 0 Å². The van der Waals surface area contributed by atoms with Gasteiger partial charge in [-0.2, -0.15) is 22.0 Å². The Labute approximate surface area is 230 Å². The van der Waals surface area contributed by atoms with Crippen molar-refractivity contribution in [1.29, 1.82) is 0 Å². The number of nitrogens with one attached hydrogen (secondary N) is 1. The number of halogens is 7. The predicted octanol–water partition coefficient (Wildman–Crippen LogP) is 7.42. The largest absolute Gasteiger partial charge is 0.499 e. The highest BCUT2D eigenvalue weighted by atomic mass is 19.4. The molecule has 4 rings (SSSR count). The maximum absolute atomic E-state index is 14.5. The van der Waals surface area contributed by atoms with Crippen molar-refractivity contribution in [3.05, 3.63) is 131 Å². The molecule has 0 fully saturated rings. The second-order valence-corrected chi connectivity index (χ2v) is 9.02. The molecular weight excluding hydrogens is 555 g/mol. The predicted molar refractivity (Wildman–Crippen MR) is 136 cm³/mol. The van der Waals surface area contributed by atoms with Crippen LogP contribution in [-0.2, 0) is 12.0 Å². The third-order valence-electron chi connectivity index (χ3n) is 6.29. The minimum Gasteiger partial charge on any atom is -0.494 e. The molecule has 0 radical (unpaired) electrons. The Kier molecular flexibility index (Phi) is 8.27. The van der Waals surface area contributed by atoms with Crippen LogP contribution < -0.4 is 14.8 Å². The number of hydrogen-bond donors (Lipinski definition) is 1. The Balaban J connectivity index is 1.95. The van der Waals surface area contributed by atoms with Gasteiger partial charge in [-0.1, -0.05) is 48.5 Å². The summed E-state index contributed by atoms with van der Waals surface area (Å²) in [5, 5.41) is 2.83. The number of benzene rings is 4. The molecule has 0 bridgehead atoms. The van der Waals surface area contributed by atoms with E-state index in [2.05, 4.69) is 10.1 Å². The first kappa shape index (κ1) is 29.4. The van der Waals surface area contributed by atoms with Gasteiger partial charge in [0.25, 0.3) is 5.91 Å². The molecule has 0 saturated carbocycles. The number of carbonyl (C=O) groups excluding carboxylic acids is 1. The summed E-state index contributed by atoms with van der Waals surface area (Å²) in [6.07, 6.45) is -11.6. The van der Waals surface area contributed by atoms with E-state index in [9.17, 15) is 35.5 Å². The lowest BCUT2D eigenvalue weighted by molar-refractivity contribution is -0.360. The van der Waals surface area contributed by atoms with Crippen molar-refractivity contribution in [3.8, 4) is 11.5 Å². The van der Waals surface area contributed by atoms with E-state index in [-0.39, 0.29) is 28.9 Å². The summed E-state index contributed by atoms with van der Waals surface area (Å²) >= 11 is 0. The number of ether oxygens (including phenoxy) is 2. The van der Waals surface area contributed by atoms with Gasteiger partial charge in [-0.05, 0) is 65.2 Å². The fourth-order valence-electron chi connectivity index (χ4n) is 4.28. The number of carbonyl (C=O) groups is 1. The van der Waals surface area contributed by atoms with E-state index < -0.39 is 41.1 Å². The Morgan fingerprint density at radius 3 is 2.07 bits per heavy atom. The molecule has 0 aliphatic rings. The van der Waals surface area contributed by atoms with Crippen LogP contribution in [0.4, 0.5) is 30.7 Å². The standard InChI is InChI=1S/C30H22F7NO3/c1-40-26-17-22(12-15-25(26)32)28(18-19-6-3-2-4-7-19,38-27(39)20-10-13-23(31)14-11-20)21-8-5-9-24(16-21)41-30(36,37)29(33,34)35/h2-17H,18H2,1H3,(H,38,39). The first-order valence-electron chi connectivity index (χ1n) is 12.0. The molecule has 0 heterocycles. The van der Waals surface area contributed by atoms with E-state index in [0.717, 1.165) is 30.3 Å². The molecule has 0 aliphatic carbocycles. The van der Waals surface area contributed by atoms with Crippen LogP contribution in [0.25, 0.3) is 0 Å². The molecule has 11 heteroatoms. The van der Waals surface area contributed by atoms with Crippen molar-refractivity contribution in [2.24, 2.45) is 0 Å². The quantitative estimate of drug-likeness (QED) is 0.211. The van der Waals surface area contributed by atoms with Gasteiger partial charge in [0, 0.05) is 12.0 Å². The summed E-state index contributed by atoms with van der Waals surface area (Å²) in [6, 6.07) is 21.2. The van der Waals surface area contributed by atoms with E-state index in [4.69, 9.17) is 4.74 Å². The highest BCUT2D eigenvalue weighted by Crippen LogP contribution is 2.41. The normalized spacial score (nSPS) is 13.3. The summed E-state index contributed by atoms with van der Waals surface area (Å²) in [5.74, 6) is -3.14. The molecule has 4 nitrogen and oxygen atoms in total. The molecule has 0 saturated heterocycles. The molecule has 0 spiro atoms. The zero-order valence-electron chi connectivity index (χ0n) is 21.3. The summed E-state index contributed by atoms with van der Waals surface area (Å²) in [7, 11) is 1.21. The van der Waals surface area contributed by atoms with Gasteiger partial charge in [-0.25, -0.2) is 8.78 Å². The van der Waals surface area contributed by atoms with E-state index in [0.29, 0.717) is 5.56 Å². The maximum Gasteiger partial charge on any atom is 0.499 e. The third kappa shape index (κ3) is 6.45. The average molecular weight is 577 g/mol. The Hall–Kier alpha value is -4.54. The number of alkyl halides is 5. The topological polar surface area (TPSA) is 47.6 Å². The zero-order valence-corrected chi connectivity index (χ0v) is 21.3. The summed E-state index contributed by atoms with van der Waals surface area (Å²) < 4.78 is 104. The van der Waals surface area contributed by atoms with Gasteiger partial charge in [-0.15, -0.1) is 0 Å². The maximum atomic E-state index is 14.5. The lowest BCUT2D eigenvalue weighted by Crippen LogP contribution is -2.48. The van der Waals surface area contributed by atoms with E-state index in [1.165, 1.54) is 43.5 Å². The van der Waals surface area contributed by atoms with Crippen LogP contribution in [0.1, 0.15) is 27.0 Å². The van der Waals surface area contributed by atoms with Crippen molar-refractivity contribution in [2.45, 2.75) is 24.2 Å². The average Bonchev–Trinajstić information content (AvgIpc) is 2.93. The van der Waals surface area contributed by atoms with Crippen LogP contribution in [-0.4, -0.2) is 25.3 Å². The SMILES string of the molecule is COc1cc(C(Cc2ccccc2)(NC(=O)c2ccc(F)cc2)c2cccc(OC(F)(F)C(F)(F)F)c2)ccc1F. The Morgan fingerprint density at radius 2 is 1.44 bits per heavy atom. The van der Waals surface area contributed by atoms with Crippen molar-refractivity contribution >= 4 is 5.91 Å². The van der Waals surface area contributed by atoms with Crippen molar-refractivity contribution < 1.29 is 45.0 Å². The first-order valence-corrected chi connectivity index (χ1v) is 12.0. The molecule has 1 atom stereocenters. The molecule has 1 N–H and O–H groups in total. The van der Waals surface area contributed by atoms with Gasteiger partial charge < -0.3 is 14.8 Å². The molecule has 0 aliphatic heterocycles. The molecule has 41 heavy (non-hydrogen) atoms. The summed E-state index contributed by atoms with van der Waals surface area (Å²) in [5.41, 5.74) is -0.840. The van der Waals surface area contributed by atoms with Gasteiger partial charge >= 0.3 is 12.3 Å². The van der Waals surface area contributed by atoms with Crippen LogP contribution in [0.15, 0.2) is 97.1 Å². The second kappa shape index (κ2) is 11.5. The molecule has 1 amide bonds. The zero-order chi connectivity index (χ0) is 29.8. The van der Waals surface area contributed by atoms with Crippen molar-refractivity contribution in [3.63, 3.8) is 0 Å². The monoisotopic (exact) mass is 577 g/mol. The Bertz CT molecular complexity index is 1510. The highest BCUT2D eigenvalue weighted by Gasteiger charge is 2.61. The van der Waals surface area contributed by atoms with Crippen LogP contribution in [0, 0.1) is 11.6 Å². The number of methoxy groups -OCH3 is 1.